The van der Waals surface area contributed by atoms with Crippen molar-refractivity contribution in [1.82, 2.24) is 10.9 Å². The zero-order valence-corrected chi connectivity index (χ0v) is 13.3. The first-order chi connectivity index (χ1) is 11.9. The Morgan fingerprint density at radius 1 is 1.00 bits per heavy atom. The van der Waals surface area contributed by atoms with E-state index in [0.29, 0.717) is 11.1 Å². The Labute approximate surface area is 143 Å². The lowest BCUT2D eigenvalue weighted by Gasteiger charge is -2.05. The number of halogens is 2. The molecule has 0 aromatic heterocycles. The second-order valence-electron chi connectivity index (χ2n) is 5.09. The number of carbonyl (C=O) groups excluding carboxylic acids is 2. The van der Waals surface area contributed by atoms with Crippen LogP contribution in [0.15, 0.2) is 54.6 Å². The first-order valence-electron chi connectivity index (χ1n) is 7.34. The molecule has 2 aromatic carbocycles. The van der Waals surface area contributed by atoms with E-state index >= 15 is 0 Å². The van der Waals surface area contributed by atoms with Gasteiger partial charge in [0, 0.05) is 11.6 Å². The van der Waals surface area contributed by atoms with E-state index < -0.39 is 18.4 Å². The SMILES string of the molecule is Cc1ccc(C(=O)NNC(=O)/C=C/c2ccc(OC(F)F)cc2)cc1. The van der Waals surface area contributed by atoms with Crippen LogP contribution in [-0.2, 0) is 4.79 Å². The molecule has 0 aliphatic carbocycles. The molecule has 25 heavy (non-hydrogen) atoms. The van der Waals surface area contributed by atoms with Crippen molar-refractivity contribution in [1.29, 1.82) is 0 Å². The topological polar surface area (TPSA) is 67.4 Å². The summed E-state index contributed by atoms with van der Waals surface area (Å²) < 4.78 is 28.3. The molecule has 130 valence electrons. The maximum atomic E-state index is 12.0. The van der Waals surface area contributed by atoms with Crippen LogP contribution in [0.3, 0.4) is 0 Å². The summed E-state index contributed by atoms with van der Waals surface area (Å²) in [7, 11) is 0. The van der Waals surface area contributed by atoms with Crippen molar-refractivity contribution >= 4 is 17.9 Å². The van der Waals surface area contributed by atoms with E-state index in [1.807, 2.05) is 6.92 Å². The number of hydrogen-bond acceptors (Lipinski definition) is 3. The van der Waals surface area contributed by atoms with Gasteiger partial charge in [0.1, 0.15) is 5.75 Å². The zero-order valence-electron chi connectivity index (χ0n) is 13.3. The van der Waals surface area contributed by atoms with Crippen LogP contribution in [0.25, 0.3) is 6.08 Å². The van der Waals surface area contributed by atoms with Gasteiger partial charge in [0.25, 0.3) is 11.8 Å². The Hall–Kier alpha value is -3.22. The molecule has 0 aliphatic rings. The van der Waals surface area contributed by atoms with Crippen molar-refractivity contribution in [3.05, 3.63) is 71.3 Å². The van der Waals surface area contributed by atoms with Crippen LogP contribution < -0.4 is 15.6 Å². The predicted octanol–water partition coefficient (Wildman–Crippen LogP) is 3.07. The van der Waals surface area contributed by atoms with Gasteiger partial charge >= 0.3 is 6.61 Å². The third-order valence-corrected chi connectivity index (χ3v) is 3.15. The number of ether oxygens (including phenoxy) is 1. The Bertz CT molecular complexity index is 757. The third kappa shape index (κ3) is 6.06. The number of alkyl halides is 2. The molecule has 0 saturated carbocycles. The molecule has 0 radical (unpaired) electrons. The van der Waals surface area contributed by atoms with Gasteiger partial charge in [0.05, 0.1) is 0 Å². The molecule has 0 bridgehead atoms. The van der Waals surface area contributed by atoms with Gasteiger partial charge in [-0.15, -0.1) is 0 Å². The molecule has 7 heteroatoms. The number of aryl methyl sites for hydroxylation is 1. The van der Waals surface area contributed by atoms with Crippen molar-refractivity contribution in [2.75, 3.05) is 0 Å². The molecule has 0 saturated heterocycles. The number of nitrogens with one attached hydrogen (secondary N) is 2. The van der Waals surface area contributed by atoms with Gasteiger partial charge in [-0.2, -0.15) is 8.78 Å². The third-order valence-electron chi connectivity index (χ3n) is 3.15. The minimum absolute atomic E-state index is 0.0296. The molecule has 0 atom stereocenters. The highest BCUT2D eigenvalue weighted by atomic mass is 19.3. The van der Waals surface area contributed by atoms with E-state index in [2.05, 4.69) is 15.6 Å². The molecule has 2 amide bonds. The fraction of sp³-hybridized carbons (Fsp3) is 0.111. The minimum atomic E-state index is -2.88. The minimum Gasteiger partial charge on any atom is -0.435 e. The summed E-state index contributed by atoms with van der Waals surface area (Å²) in [4.78, 5) is 23.5. The van der Waals surface area contributed by atoms with Crippen LogP contribution >= 0.6 is 0 Å². The van der Waals surface area contributed by atoms with E-state index in [0.717, 1.165) is 5.56 Å². The predicted molar refractivity (Wildman–Crippen MR) is 88.9 cm³/mol. The van der Waals surface area contributed by atoms with Crippen LogP contribution in [0.5, 0.6) is 5.75 Å². The zero-order chi connectivity index (χ0) is 18.2. The van der Waals surface area contributed by atoms with Crippen LogP contribution in [-0.4, -0.2) is 18.4 Å². The second-order valence-corrected chi connectivity index (χ2v) is 5.09. The number of rotatable bonds is 5. The average molecular weight is 346 g/mol. The van der Waals surface area contributed by atoms with Crippen molar-refractivity contribution < 1.29 is 23.1 Å². The van der Waals surface area contributed by atoms with E-state index in [1.54, 1.807) is 24.3 Å². The first-order valence-corrected chi connectivity index (χ1v) is 7.34. The van der Waals surface area contributed by atoms with Crippen LogP contribution in [0.1, 0.15) is 21.5 Å². The summed E-state index contributed by atoms with van der Waals surface area (Å²) in [5.74, 6) is -0.939. The molecule has 2 aromatic rings. The maximum absolute atomic E-state index is 12.0. The van der Waals surface area contributed by atoms with Crippen molar-refractivity contribution in [3.63, 3.8) is 0 Å². The van der Waals surface area contributed by atoms with Gasteiger partial charge in [-0.25, -0.2) is 0 Å². The number of benzene rings is 2. The molecular formula is C18H16F2N2O3. The number of hydrogen-bond donors (Lipinski definition) is 2. The fourth-order valence-corrected chi connectivity index (χ4v) is 1.87. The highest BCUT2D eigenvalue weighted by molar-refractivity contribution is 5.97. The second kappa shape index (κ2) is 8.58. The summed E-state index contributed by atoms with van der Waals surface area (Å²) in [5.41, 5.74) is 6.60. The average Bonchev–Trinajstić information content (AvgIpc) is 2.59. The lowest BCUT2D eigenvalue weighted by atomic mass is 10.1. The van der Waals surface area contributed by atoms with Gasteiger partial charge in [-0.3, -0.25) is 20.4 Å². The van der Waals surface area contributed by atoms with E-state index in [9.17, 15) is 18.4 Å². The van der Waals surface area contributed by atoms with E-state index in [4.69, 9.17) is 0 Å². The summed E-state index contributed by atoms with van der Waals surface area (Å²) in [6.07, 6.45) is 2.68. The number of carbonyl (C=O) groups is 2. The Balaban J connectivity index is 1.84. The van der Waals surface area contributed by atoms with Gasteiger partial charge in [-0.1, -0.05) is 29.8 Å². The van der Waals surface area contributed by atoms with Crippen LogP contribution in [0, 0.1) is 6.92 Å². The molecule has 0 unspecified atom stereocenters. The summed E-state index contributed by atoms with van der Waals surface area (Å²) >= 11 is 0. The fourth-order valence-electron chi connectivity index (χ4n) is 1.87. The van der Waals surface area contributed by atoms with Crippen molar-refractivity contribution in [2.45, 2.75) is 13.5 Å². The van der Waals surface area contributed by atoms with E-state index in [1.165, 1.54) is 36.4 Å². The molecule has 0 fully saturated rings. The highest BCUT2D eigenvalue weighted by Gasteiger charge is 2.05. The molecule has 2 rings (SSSR count). The smallest absolute Gasteiger partial charge is 0.387 e. The molecule has 2 N–H and O–H groups in total. The highest BCUT2D eigenvalue weighted by Crippen LogP contribution is 2.15. The van der Waals surface area contributed by atoms with Gasteiger partial charge in [0.2, 0.25) is 0 Å². The maximum Gasteiger partial charge on any atom is 0.387 e. The van der Waals surface area contributed by atoms with Crippen molar-refractivity contribution in [3.8, 4) is 5.75 Å². The number of amides is 2. The van der Waals surface area contributed by atoms with E-state index in [-0.39, 0.29) is 5.75 Å². The lowest BCUT2D eigenvalue weighted by Crippen LogP contribution is -2.40. The van der Waals surface area contributed by atoms with Gasteiger partial charge < -0.3 is 4.74 Å². The summed E-state index contributed by atoms with van der Waals surface area (Å²) in [5, 5.41) is 0. The quantitative estimate of drug-likeness (QED) is 0.646. The van der Waals surface area contributed by atoms with Gasteiger partial charge in [0.15, 0.2) is 0 Å². The standard InChI is InChI=1S/C18H16F2N2O3/c1-12-2-7-14(8-3-12)17(24)22-21-16(23)11-6-13-4-9-15(10-5-13)25-18(19)20/h2-11,18H,1H3,(H,21,23)(H,22,24)/b11-6+. The molecule has 0 spiro atoms. The Morgan fingerprint density at radius 2 is 1.64 bits per heavy atom. The molecule has 0 aliphatic heterocycles. The Morgan fingerprint density at radius 3 is 2.24 bits per heavy atom. The molecule has 0 heterocycles. The van der Waals surface area contributed by atoms with Crippen LogP contribution in [0.4, 0.5) is 8.78 Å². The number of hydrazine groups is 1. The summed E-state index contributed by atoms with van der Waals surface area (Å²) in [6, 6.07) is 12.6. The molecular weight excluding hydrogens is 330 g/mol. The summed E-state index contributed by atoms with van der Waals surface area (Å²) in [6.45, 7) is -0.982. The molecule has 5 nitrogen and oxygen atoms in total. The Kier molecular flexibility index (Phi) is 6.22. The monoisotopic (exact) mass is 346 g/mol. The largest absolute Gasteiger partial charge is 0.435 e. The van der Waals surface area contributed by atoms with Crippen molar-refractivity contribution in [2.24, 2.45) is 0 Å². The normalized spacial score (nSPS) is 10.7. The first kappa shape index (κ1) is 18.1. The lowest BCUT2D eigenvalue weighted by molar-refractivity contribution is -0.117. The van der Waals surface area contributed by atoms with Crippen LogP contribution in [0.2, 0.25) is 0 Å². The van der Waals surface area contributed by atoms with Gasteiger partial charge in [-0.05, 0) is 42.8 Å².